The number of carbonyl (C=O) groups is 1. The highest BCUT2D eigenvalue weighted by molar-refractivity contribution is 6.01. The predicted molar refractivity (Wildman–Crippen MR) is 140 cm³/mol. The molecular weight excluding hydrogens is 468 g/mol. The van der Waals surface area contributed by atoms with E-state index in [0.29, 0.717) is 44.9 Å². The second-order valence-electron chi connectivity index (χ2n) is 8.63. The van der Waals surface area contributed by atoms with E-state index in [2.05, 4.69) is 27.2 Å². The van der Waals surface area contributed by atoms with Crippen molar-refractivity contribution in [3.8, 4) is 17.5 Å². The van der Waals surface area contributed by atoms with Crippen molar-refractivity contribution in [1.29, 1.82) is 0 Å². The molecule has 0 saturated heterocycles. The first-order valence-corrected chi connectivity index (χ1v) is 11.8. The van der Waals surface area contributed by atoms with E-state index in [1.54, 1.807) is 74.1 Å². The summed E-state index contributed by atoms with van der Waals surface area (Å²) in [6, 6.07) is 15.4. The van der Waals surface area contributed by atoms with Crippen molar-refractivity contribution in [2.45, 2.75) is 32.9 Å². The molecule has 37 heavy (non-hydrogen) atoms. The Bertz CT molecular complexity index is 1760. The van der Waals surface area contributed by atoms with Crippen molar-refractivity contribution in [3.05, 3.63) is 100.0 Å². The summed E-state index contributed by atoms with van der Waals surface area (Å²) in [5.74, 6) is 5.58. The average molecular weight is 493 g/mol. The number of para-hydroxylation sites is 1. The van der Waals surface area contributed by atoms with Crippen molar-refractivity contribution in [1.82, 2.24) is 29.5 Å². The lowest BCUT2D eigenvalue weighted by Gasteiger charge is -2.20. The molecule has 3 heterocycles. The van der Waals surface area contributed by atoms with Crippen LogP contribution in [0.5, 0.6) is 0 Å². The Hall–Kier alpha value is -4.81. The fourth-order valence-corrected chi connectivity index (χ4v) is 4.25. The molecule has 0 aliphatic heterocycles. The number of aliphatic hydroxyl groups excluding tert-OH is 1. The van der Waals surface area contributed by atoms with Gasteiger partial charge in [0.05, 0.1) is 28.3 Å². The number of fused-ring (bicyclic) bond motifs is 2. The molecule has 1 amide bonds. The number of hydrogen-bond donors (Lipinski definition) is 2. The van der Waals surface area contributed by atoms with E-state index in [9.17, 15) is 14.7 Å². The first-order chi connectivity index (χ1) is 17.8. The van der Waals surface area contributed by atoms with Crippen LogP contribution in [-0.4, -0.2) is 41.3 Å². The van der Waals surface area contributed by atoms with Gasteiger partial charge in [0.25, 0.3) is 11.5 Å². The topological polar surface area (TPSA) is 114 Å². The van der Waals surface area contributed by atoms with Crippen molar-refractivity contribution >= 4 is 22.5 Å². The highest BCUT2D eigenvalue weighted by Crippen LogP contribution is 2.21. The zero-order valence-electron chi connectivity index (χ0n) is 20.5. The van der Waals surface area contributed by atoms with E-state index < -0.39 is 12.1 Å². The van der Waals surface area contributed by atoms with Gasteiger partial charge < -0.3 is 10.4 Å². The van der Waals surface area contributed by atoms with Gasteiger partial charge in [0.1, 0.15) is 17.5 Å². The number of amides is 1. The summed E-state index contributed by atoms with van der Waals surface area (Å²) in [5, 5.41) is 17.3. The number of hydrogen-bond acceptors (Lipinski definition) is 6. The van der Waals surface area contributed by atoms with Crippen LogP contribution in [0, 0.1) is 18.8 Å². The molecule has 0 radical (unpaired) electrons. The van der Waals surface area contributed by atoms with Crippen LogP contribution in [0.2, 0.25) is 0 Å². The molecule has 0 spiro atoms. The highest BCUT2D eigenvalue weighted by atomic mass is 16.3. The van der Waals surface area contributed by atoms with Crippen LogP contribution in [0.4, 0.5) is 0 Å². The Labute approximate surface area is 212 Å². The molecule has 0 aliphatic rings. The summed E-state index contributed by atoms with van der Waals surface area (Å²) in [6.07, 6.45) is 2.49. The molecule has 0 saturated carbocycles. The van der Waals surface area contributed by atoms with E-state index >= 15 is 0 Å². The van der Waals surface area contributed by atoms with Crippen LogP contribution < -0.4 is 10.9 Å². The maximum absolute atomic E-state index is 13.9. The third kappa shape index (κ3) is 4.46. The van der Waals surface area contributed by atoms with E-state index in [1.807, 2.05) is 18.2 Å². The minimum Gasteiger partial charge on any atom is -0.381 e. The molecule has 5 rings (SSSR count). The standard InChI is InChI=1S/C28H24N6O3/c1-17(35)13-14-20-9-7-12-22-24(20)28(37)34(21-10-5-4-6-11-21)25(31-22)19(3)30-27(36)23-18(2)32-33-16-8-15-29-26(23)33/h4-12,15-17,19,35H,1-3H3,(H,30,36)/t17-,19?/m0/s1. The summed E-state index contributed by atoms with van der Waals surface area (Å²) in [7, 11) is 0. The van der Waals surface area contributed by atoms with Crippen LogP contribution >= 0.6 is 0 Å². The molecule has 2 aromatic carbocycles. The molecule has 184 valence electrons. The quantitative estimate of drug-likeness (QED) is 0.373. The van der Waals surface area contributed by atoms with Gasteiger partial charge in [-0.3, -0.25) is 14.2 Å². The Kier molecular flexibility index (Phi) is 6.26. The summed E-state index contributed by atoms with van der Waals surface area (Å²) in [4.78, 5) is 36.4. The maximum Gasteiger partial charge on any atom is 0.267 e. The monoisotopic (exact) mass is 492 g/mol. The number of aliphatic hydroxyl groups is 1. The number of rotatable bonds is 4. The van der Waals surface area contributed by atoms with E-state index in [4.69, 9.17) is 4.98 Å². The van der Waals surface area contributed by atoms with E-state index in [1.165, 1.54) is 4.57 Å². The third-order valence-electron chi connectivity index (χ3n) is 5.89. The molecule has 2 N–H and O–H groups in total. The summed E-state index contributed by atoms with van der Waals surface area (Å²) in [6.45, 7) is 5.08. The molecule has 9 heteroatoms. The molecule has 0 fully saturated rings. The largest absolute Gasteiger partial charge is 0.381 e. The van der Waals surface area contributed by atoms with Gasteiger partial charge in [-0.2, -0.15) is 5.10 Å². The maximum atomic E-state index is 13.9. The molecule has 2 atom stereocenters. The smallest absolute Gasteiger partial charge is 0.267 e. The van der Waals surface area contributed by atoms with Gasteiger partial charge in [0, 0.05) is 18.0 Å². The lowest BCUT2D eigenvalue weighted by atomic mass is 10.1. The number of carbonyl (C=O) groups excluding carboxylic acids is 1. The van der Waals surface area contributed by atoms with Gasteiger partial charge in [-0.1, -0.05) is 36.1 Å². The Morgan fingerprint density at radius 1 is 1.08 bits per heavy atom. The molecule has 0 bridgehead atoms. The minimum absolute atomic E-state index is 0.323. The Balaban J connectivity index is 1.66. The van der Waals surface area contributed by atoms with Gasteiger partial charge in [-0.15, -0.1) is 0 Å². The normalized spacial score (nSPS) is 12.6. The summed E-state index contributed by atoms with van der Waals surface area (Å²) < 4.78 is 3.04. The first-order valence-electron chi connectivity index (χ1n) is 11.8. The van der Waals surface area contributed by atoms with Gasteiger partial charge in [0.2, 0.25) is 0 Å². The average Bonchev–Trinajstić information content (AvgIpc) is 3.23. The lowest BCUT2D eigenvalue weighted by Crippen LogP contribution is -2.33. The predicted octanol–water partition coefficient (Wildman–Crippen LogP) is 2.96. The van der Waals surface area contributed by atoms with Gasteiger partial charge in [0.15, 0.2) is 5.65 Å². The van der Waals surface area contributed by atoms with E-state index in [-0.39, 0.29) is 11.5 Å². The van der Waals surface area contributed by atoms with Gasteiger partial charge in [-0.25, -0.2) is 14.5 Å². The summed E-state index contributed by atoms with van der Waals surface area (Å²) >= 11 is 0. The third-order valence-corrected chi connectivity index (χ3v) is 5.89. The molecule has 0 aliphatic carbocycles. The Morgan fingerprint density at radius 2 is 1.86 bits per heavy atom. The fourth-order valence-electron chi connectivity index (χ4n) is 4.25. The molecule has 9 nitrogen and oxygen atoms in total. The first kappa shape index (κ1) is 23.9. The SMILES string of the molecule is Cc1nn2cccnc2c1C(=O)NC(C)c1nc2cccc(C#C[C@H](C)O)c2c(=O)n1-c1ccccc1. The molecular formula is C28H24N6O3. The van der Waals surface area contributed by atoms with Gasteiger partial charge in [-0.05, 0) is 51.1 Å². The van der Waals surface area contributed by atoms with Crippen molar-refractivity contribution < 1.29 is 9.90 Å². The van der Waals surface area contributed by atoms with Crippen LogP contribution in [-0.2, 0) is 0 Å². The van der Waals surface area contributed by atoms with Crippen LogP contribution in [0.3, 0.4) is 0 Å². The number of benzene rings is 2. The summed E-state index contributed by atoms with van der Waals surface area (Å²) in [5.41, 5.74) is 2.53. The number of aromatic nitrogens is 5. The second-order valence-corrected chi connectivity index (χ2v) is 8.63. The number of nitrogens with one attached hydrogen (secondary N) is 1. The molecule has 5 aromatic rings. The zero-order valence-corrected chi connectivity index (χ0v) is 20.5. The fraction of sp³-hybridized carbons (Fsp3) is 0.179. The van der Waals surface area contributed by atoms with Crippen molar-refractivity contribution in [2.24, 2.45) is 0 Å². The van der Waals surface area contributed by atoms with Crippen molar-refractivity contribution in [3.63, 3.8) is 0 Å². The van der Waals surface area contributed by atoms with E-state index in [0.717, 1.165) is 0 Å². The minimum atomic E-state index is -0.841. The zero-order chi connectivity index (χ0) is 26.1. The molecule has 3 aromatic heterocycles. The number of aryl methyl sites for hydroxylation is 1. The van der Waals surface area contributed by atoms with Gasteiger partial charge >= 0.3 is 0 Å². The lowest BCUT2D eigenvalue weighted by molar-refractivity contribution is 0.0938. The van der Waals surface area contributed by atoms with Crippen LogP contribution in [0.15, 0.2) is 71.8 Å². The Morgan fingerprint density at radius 3 is 2.62 bits per heavy atom. The van der Waals surface area contributed by atoms with Crippen LogP contribution in [0.25, 0.3) is 22.2 Å². The van der Waals surface area contributed by atoms with Crippen LogP contribution in [0.1, 0.15) is 47.3 Å². The molecule has 1 unspecified atom stereocenters. The second kappa shape index (κ2) is 9.68. The number of nitrogens with zero attached hydrogens (tertiary/aromatic N) is 5. The highest BCUT2D eigenvalue weighted by Gasteiger charge is 2.24. The van der Waals surface area contributed by atoms with Crippen molar-refractivity contribution in [2.75, 3.05) is 0 Å².